The molecule has 4 rings (SSSR count). The highest BCUT2D eigenvalue weighted by Gasteiger charge is 2.38. The number of hydrogen-bond acceptors (Lipinski definition) is 4. The highest BCUT2D eigenvalue weighted by Crippen LogP contribution is 2.20. The molecular formula is C23H22F4N4O3. The van der Waals surface area contributed by atoms with Crippen LogP contribution in [0.15, 0.2) is 60.8 Å². The predicted molar refractivity (Wildman–Crippen MR) is 116 cm³/mol. The van der Waals surface area contributed by atoms with E-state index in [1.807, 2.05) is 0 Å². The zero-order valence-electron chi connectivity index (χ0n) is 17.8. The first-order valence-corrected chi connectivity index (χ1v) is 10.3. The van der Waals surface area contributed by atoms with Crippen LogP contribution in [0.5, 0.6) is 0 Å². The molecule has 2 heterocycles. The molecule has 1 amide bonds. The second-order valence-electron chi connectivity index (χ2n) is 7.55. The Morgan fingerprint density at radius 1 is 1.09 bits per heavy atom. The number of aromatic nitrogens is 2. The minimum Gasteiger partial charge on any atom is -0.475 e. The first-order chi connectivity index (χ1) is 16.1. The van der Waals surface area contributed by atoms with E-state index in [9.17, 15) is 22.4 Å². The lowest BCUT2D eigenvalue weighted by molar-refractivity contribution is -0.192. The summed E-state index contributed by atoms with van der Waals surface area (Å²) >= 11 is 0. The Morgan fingerprint density at radius 3 is 2.38 bits per heavy atom. The number of nitrogens with zero attached hydrogens (tertiary/aromatic N) is 2. The standard InChI is InChI=1S/C21H21FN4O.C2HF3O2/c22-17-5-8-19(9-6-17)26-20(11-12-24-26)25-21(27)10-7-18-13-15-3-1-2-4-16(15)14-23-18;3-2(4,5)1(6)7/h1-6,8-9,11-12,18,23H,7,10,13-14H2,(H,25,27);(H,6,7). The van der Waals surface area contributed by atoms with Crippen LogP contribution < -0.4 is 10.6 Å². The van der Waals surface area contributed by atoms with E-state index in [1.54, 1.807) is 29.1 Å². The van der Waals surface area contributed by atoms with Crippen molar-refractivity contribution >= 4 is 17.7 Å². The number of carboxylic acids is 1. The van der Waals surface area contributed by atoms with Crippen molar-refractivity contribution in [1.82, 2.24) is 15.1 Å². The van der Waals surface area contributed by atoms with Gasteiger partial charge in [0.05, 0.1) is 11.9 Å². The van der Waals surface area contributed by atoms with Crippen molar-refractivity contribution < 1.29 is 32.3 Å². The van der Waals surface area contributed by atoms with Gasteiger partial charge in [0.1, 0.15) is 11.6 Å². The molecule has 0 spiro atoms. The second kappa shape index (κ2) is 10.9. The van der Waals surface area contributed by atoms with Crippen LogP contribution in [0.3, 0.4) is 0 Å². The highest BCUT2D eigenvalue weighted by atomic mass is 19.4. The van der Waals surface area contributed by atoms with E-state index in [-0.39, 0.29) is 11.7 Å². The van der Waals surface area contributed by atoms with E-state index in [1.165, 1.54) is 23.3 Å². The molecule has 2 aromatic carbocycles. The Hall–Kier alpha value is -3.73. The van der Waals surface area contributed by atoms with Crippen molar-refractivity contribution in [3.05, 3.63) is 77.7 Å². The Bertz CT molecular complexity index is 1130. The SMILES string of the molecule is O=C(CCC1Cc2ccccc2CN1)Nc1ccnn1-c1ccc(F)cc1.O=C(O)C(F)(F)F. The van der Waals surface area contributed by atoms with E-state index < -0.39 is 12.1 Å². The number of amides is 1. The summed E-state index contributed by atoms with van der Waals surface area (Å²) in [6, 6.07) is 16.4. The monoisotopic (exact) mass is 478 g/mol. The Balaban J connectivity index is 0.000000406. The quantitative estimate of drug-likeness (QED) is 0.481. The molecule has 11 heteroatoms. The van der Waals surface area contributed by atoms with E-state index >= 15 is 0 Å². The normalized spacial score (nSPS) is 15.0. The molecule has 1 aliphatic heterocycles. The summed E-state index contributed by atoms with van der Waals surface area (Å²) in [6.45, 7) is 0.847. The molecule has 0 saturated heterocycles. The van der Waals surface area contributed by atoms with Gasteiger partial charge in [0, 0.05) is 25.1 Å². The van der Waals surface area contributed by atoms with Gasteiger partial charge in [-0.05, 0) is 48.2 Å². The first kappa shape index (κ1) is 24.9. The maximum absolute atomic E-state index is 13.1. The largest absolute Gasteiger partial charge is 0.490 e. The van der Waals surface area contributed by atoms with E-state index in [4.69, 9.17) is 9.90 Å². The molecule has 0 radical (unpaired) electrons. The number of hydrogen-bond donors (Lipinski definition) is 3. The van der Waals surface area contributed by atoms with Gasteiger partial charge in [0.2, 0.25) is 5.91 Å². The van der Waals surface area contributed by atoms with E-state index in [0.29, 0.717) is 24.0 Å². The van der Waals surface area contributed by atoms with E-state index in [0.717, 1.165) is 19.4 Å². The molecule has 3 N–H and O–H groups in total. The van der Waals surface area contributed by atoms with Gasteiger partial charge >= 0.3 is 12.1 Å². The van der Waals surface area contributed by atoms with Gasteiger partial charge < -0.3 is 15.7 Å². The molecule has 3 aromatic rings. The van der Waals surface area contributed by atoms with Gasteiger partial charge in [0.25, 0.3) is 0 Å². The molecule has 0 saturated carbocycles. The van der Waals surface area contributed by atoms with Crippen LogP contribution in [0, 0.1) is 5.82 Å². The average Bonchev–Trinajstić information content (AvgIpc) is 3.26. The first-order valence-electron chi connectivity index (χ1n) is 10.3. The summed E-state index contributed by atoms with van der Waals surface area (Å²) in [5, 5.41) is 17.7. The highest BCUT2D eigenvalue weighted by molar-refractivity contribution is 5.90. The maximum atomic E-state index is 13.1. The molecule has 1 aliphatic rings. The van der Waals surface area contributed by atoms with Gasteiger partial charge in [-0.3, -0.25) is 4.79 Å². The van der Waals surface area contributed by atoms with Crippen LogP contribution >= 0.6 is 0 Å². The van der Waals surface area contributed by atoms with Crippen LogP contribution in [-0.4, -0.2) is 39.0 Å². The van der Waals surface area contributed by atoms with Crippen LogP contribution in [-0.2, 0) is 22.6 Å². The number of anilines is 1. The zero-order valence-corrected chi connectivity index (χ0v) is 17.8. The molecule has 180 valence electrons. The number of carbonyl (C=O) groups is 2. The lowest BCUT2D eigenvalue weighted by atomic mass is 9.93. The summed E-state index contributed by atoms with van der Waals surface area (Å²) < 4.78 is 46.4. The number of alkyl halides is 3. The van der Waals surface area contributed by atoms with Gasteiger partial charge in [-0.15, -0.1) is 0 Å². The minimum absolute atomic E-state index is 0.0560. The molecule has 1 unspecified atom stereocenters. The van der Waals surface area contributed by atoms with Gasteiger partial charge in [0.15, 0.2) is 0 Å². The van der Waals surface area contributed by atoms with Crippen molar-refractivity contribution in [3.63, 3.8) is 0 Å². The number of benzene rings is 2. The smallest absolute Gasteiger partial charge is 0.475 e. The number of nitrogens with one attached hydrogen (secondary N) is 2. The minimum atomic E-state index is -5.08. The molecule has 1 aromatic heterocycles. The fraction of sp³-hybridized carbons (Fsp3) is 0.261. The van der Waals surface area contributed by atoms with Crippen molar-refractivity contribution in [2.45, 2.75) is 38.0 Å². The average molecular weight is 478 g/mol. The third kappa shape index (κ3) is 6.88. The van der Waals surface area contributed by atoms with Gasteiger partial charge in [-0.2, -0.15) is 18.3 Å². The molecule has 0 bridgehead atoms. The summed E-state index contributed by atoms with van der Waals surface area (Å²) in [5.41, 5.74) is 3.39. The van der Waals surface area contributed by atoms with E-state index in [2.05, 4.69) is 40.0 Å². The second-order valence-corrected chi connectivity index (χ2v) is 7.55. The van der Waals surface area contributed by atoms with Crippen molar-refractivity contribution in [1.29, 1.82) is 0 Å². The predicted octanol–water partition coefficient (Wildman–Crippen LogP) is 4.08. The molecular weight excluding hydrogens is 456 g/mol. The Labute approximate surface area is 192 Å². The fourth-order valence-corrected chi connectivity index (χ4v) is 3.42. The number of aliphatic carboxylic acids is 1. The van der Waals surface area contributed by atoms with Crippen molar-refractivity contribution in [2.24, 2.45) is 0 Å². The summed E-state index contributed by atoms with van der Waals surface area (Å²) in [4.78, 5) is 21.3. The lowest BCUT2D eigenvalue weighted by Gasteiger charge is -2.26. The van der Waals surface area contributed by atoms with Crippen LogP contribution in [0.25, 0.3) is 5.69 Å². The fourth-order valence-electron chi connectivity index (χ4n) is 3.42. The molecule has 1 atom stereocenters. The molecule has 0 aliphatic carbocycles. The summed E-state index contributed by atoms with van der Waals surface area (Å²) in [6.07, 6.45) is -1.34. The number of rotatable bonds is 5. The topological polar surface area (TPSA) is 96.3 Å². The number of carbonyl (C=O) groups excluding carboxylic acids is 1. The Kier molecular flexibility index (Phi) is 8.00. The zero-order chi connectivity index (χ0) is 24.7. The lowest BCUT2D eigenvalue weighted by Crippen LogP contribution is -2.36. The molecule has 7 nitrogen and oxygen atoms in total. The third-order valence-corrected chi connectivity index (χ3v) is 5.11. The van der Waals surface area contributed by atoms with Crippen LogP contribution in [0.2, 0.25) is 0 Å². The summed E-state index contributed by atoms with van der Waals surface area (Å²) in [7, 11) is 0. The molecule has 0 fully saturated rings. The van der Waals surface area contributed by atoms with Crippen LogP contribution in [0.1, 0.15) is 24.0 Å². The molecule has 34 heavy (non-hydrogen) atoms. The van der Waals surface area contributed by atoms with Crippen molar-refractivity contribution in [2.75, 3.05) is 5.32 Å². The van der Waals surface area contributed by atoms with Crippen molar-refractivity contribution in [3.8, 4) is 5.69 Å². The number of carboxylic acid groups (broad SMARTS) is 1. The van der Waals surface area contributed by atoms with Gasteiger partial charge in [-0.1, -0.05) is 24.3 Å². The maximum Gasteiger partial charge on any atom is 0.490 e. The van der Waals surface area contributed by atoms with Gasteiger partial charge in [-0.25, -0.2) is 13.9 Å². The number of halogens is 4. The summed E-state index contributed by atoms with van der Waals surface area (Å²) in [5.74, 6) is -2.54. The number of fused-ring (bicyclic) bond motifs is 1. The third-order valence-electron chi connectivity index (χ3n) is 5.11. The van der Waals surface area contributed by atoms with Crippen LogP contribution in [0.4, 0.5) is 23.4 Å². The Morgan fingerprint density at radius 2 is 1.74 bits per heavy atom.